The van der Waals surface area contributed by atoms with E-state index in [-0.39, 0.29) is 17.2 Å². The lowest BCUT2D eigenvalue weighted by Crippen LogP contribution is -2.51. The van der Waals surface area contributed by atoms with Gasteiger partial charge in [-0.25, -0.2) is 8.42 Å². The summed E-state index contributed by atoms with van der Waals surface area (Å²) in [7, 11) is -0.00438. The number of aryl methyl sites for hydroxylation is 2. The van der Waals surface area contributed by atoms with E-state index in [2.05, 4.69) is 10.2 Å². The average Bonchev–Trinajstić information content (AvgIpc) is 2.98. The van der Waals surface area contributed by atoms with E-state index in [1.807, 2.05) is 14.1 Å². The van der Waals surface area contributed by atoms with Gasteiger partial charge in [0.1, 0.15) is 6.04 Å². The van der Waals surface area contributed by atoms with Crippen LogP contribution in [0.2, 0.25) is 5.02 Å². The predicted octanol–water partition coefficient (Wildman–Crippen LogP) is 2.25. The normalized spacial score (nSPS) is 22.1. The van der Waals surface area contributed by atoms with Gasteiger partial charge in [0, 0.05) is 36.6 Å². The minimum atomic E-state index is -4.07. The molecule has 2 atom stereocenters. The number of carbonyl (C=O) groups excluding carboxylic acids is 2. The molecule has 2 aliphatic heterocycles. The second kappa shape index (κ2) is 9.80. The highest BCUT2D eigenvalue weighted by molar-refractivity contribution is 7.89. The summed E-state index contributed by atoms with van der Waals surface area (Å²) in [5, 5.41) is 3.01. The number of rotatable bonds is 5. The van der Waals surface area contributed by atoms with Gasteiger partial charge >= 0.3 is 0 Å². The molecule has 1 aromatic rings. The number of hydrogen-bond acceptors (Lipinski definition) is 5. The molecule has 176 valence electrons. The smallest absolute Gasteiger partial charge is 0.264 e. The van der Waals surface area contributed by atoms with E-state index in [1.165, 1.54) is 18.5 Å². The van der Waals surface area contributed by atoms with Crippen LogP contribution < -0.4 is 5.32 Å². The Bertz CT molecular complexity index is 1030. The first-order valence-corrected chi connectivity index (χ1v) is 12.6. The highest BCUT2D eigenvalue weighted by atomic mass is 35.5. The summed E-state index contributed by atoms with van der Waals surface area (Å²) >= 11 is 6.13. The average molecular weight is 483 g/mol. The summed E-state index contributed by atoms with van der Waals surface area (Å²) in [5.74, 6) is -0.738. The Morgan fingerprint density at radius 1 is 1.19 bits per heavy atom. The monoisotopic (exact) mass is 482 g/mol. The Kier molecular flexibility index (Phi) is 7.52. The number of hydrogen-bond donors (Lipinski definition) is 1. The standard InChI is InChI=1S/C22H31ClN4O4S/c1-15-13-20(16(2)12-18(15)23)32(30,31)27-11-8-24-22(29)19(27)14-21(28)26-9-5-6-17(7-10-26)25(3)4/h8,11-13,17,19H,5-7,9-10,14H2,1-4H3,(H,24,29)/t17?,19-/m1/s1. The fourth-order valence-electron chi connectivity index (χ4n) is 4.22. The molecular formula is C22H31ClN4O4S. The van der Waals surface area contributed by atoms with Crippen molar-refractivity contribution in [2.75, 3.05) is 27.2 Å². The number of nitrogens with one attached hydrogen (secondary N) is 1. The number of likely N-dealkylation sites (tertiary alicyclic amines) is 1. The summed E-state index contributed by atoms with van der Waals surface area (Å²) in [6.07, 6.45) is 5.10. The van der Waals surface area contributed by atoms with E-state index in [4.69, 9.17) is 11.6 Å². The van der Waals surface area contributed by atoms with Gasteiger partial charge in [0.2, 0.25) is 11.8 Å². The molecule has 10 heteroatoms. The van der Waals surface area contributed by atoms with Crippen LogP contribution in [-0.2, 0) is 19.6 Å². The number of amides is 2. The number of nitrogens with zero attached hydrogens (tertiary/aromatic N) is 3. The predicted molar refractivity (Wildman–Crippen MR) is 124 cm³/mol. The van der Waals surface area contributed by atoms with Crippen LogP contribution in [0.4, 0.5) is 0 Å². The summed E-state index contributed by atoms with van der Waals surface area (Å²) < 4.78 is 28.0. The summed E-state index contributed by atoms with van der Waals surface area (Å²) in [5.41, 5.74) is 1.10. The first kappa shape index (κ1) is 24.5. The van der Waals surface area contributed by atoms with Crippen molar-refractivity contribution in [3.05, 3.63) is 40.7 Å². The fourth-order valence-corrected chi connectivity index (χ4v) is 6.19. The van der Waals surface area contributed by atoms with Crippen molar-refractivity contribution < 1.29 is 18.0 Å². The molecular weight excluding hydrogens is 452 g/mol. The van der Waals surface area contributed by atoms with Crippen molar-refractivity contribution in [1.29, 1.82) is 0 Å². The van der Waals surface area contributed by atoms with Crippen LogP contribution in [0, 0.1) is 13.8 Å². The molecule has 0 aromatic heterocycles. The molecule has 1 fully saturated rings. The molecule has 0 spiro atoms. The van der Waals surface area contributed by atoms with Crippen molar-refractivity contribution in [3.63, 3.8) is 0 Å². The largest absolute Gasteiger partial charge is 0.343 e. The molecule has 0 bridgehead atoms. The van der Waals surface area contributed by atoms with Crippen molar-refractivity contribution in [1.82, 2.24) is 19.4 Å². The molecule has 1 saturated heterocycles. The Morgan fingerprint density at radius 2 is 1.91 bits per heavy atom. The Labute approximate surface area is 195 Å². The molecule has 0 saturated carbocycles. The molecule has 1 N–H and O–H groups in total. The zero-order valence-corrected chi connectivity index (χ0v) is 20.5. The molecule has 2 aliphatic rings. The van der Waals surface area contributed by atoms with Gasteiger partial charge in [0.25, 0.3) is 10.0 Å². The third kappa shape index (κ3) is 5.10. The summed E-state index contributed by atoms with van der Waals surface area (Å²) in [6.45, 7) is 4.58. The SMILES string of the molecule is Cc1cc(S(=O)(=O)N2C=CNC(=O)[C@H]2CC(=O)N2CCCC(N(C)C)CC2)c(C)cc1Cl. The lowest BCUT2D eigenvalue weighted by Gasteiger charge is -2.33. The van der Waals surface area contributed by atoms with Crippen molar-refractivity contribution in [2.45, 2.75) is 56.5 Å². The lowest BCUT2D eigenvalue weighted by molar-refractivity contribution is -0.135. The highest BCUT2D eigenvalue weighted by Gasteiger charge is 2.38. The van der Waals surface area contributed by atoms with Crippen LogP contribution in [0.1, 0.15) is 36.8 Å². The van der Waals surface area contributed by atoms with Crippen LogP contribution in [0.3, 0.4) is 0 Å². The Morgan fingerprint density at radius 3 is 2.59 bits per heavy atom. The topological polar surface area (TPSA) is 90.0 Å². The maximum atomic E-state index is 13.5. The van der Waals surface area contributed by atoms with Crippen molar-refractivity contribution in [3.8, 4) is 0 Å². The fraction of sp³-hybridized carbons (Fsp3) is 0.545. The molecule has 0 radical (unpaired) electrons. The lowest BCUT2D eigenvalue weighted by atomic mass is 10.1. The Hall–Kier alpha value is -2.10. The van der Waals surface area contributed by atoms with Crippen LogP contribution in [0.15, 0.2) is 29.4 Å². The van der Waals surface area contributed by atoms with Gasteiger partial charge in [-0.15, -0.1) is 0 Å². The van der Waals surface area contributed by atoms with Crippen LogP contribution in [0.5, 0.6) is 0 Å². The van der Waals surface area contributed by atoms with Crippen LogP contribution in [-0.4, -0.2) is 73.6 Å². The van der Waals surface area contributed by atoms with E-state index in [0.717, 1.165) is 23.6 Å². The number of sulfonamides is 1. The van der Waals surface area contributed by atoms with Crippen LogP contribution >= 0.6 is 11.6 Å². The molecule has 8 nitrogen and oxygen atoms in total. The van der Waals surface area contributed by atoms with E-state index in [0.29, 0.717) is 35.3 Å². The maximum absolute atomic E-state index is 13.5. The van der Waals surface area contributed by atoms with Gasteiger partial charge in [-0.3, -0.25) is 13.9 Å². The third-order valence-electron chi connectivity index (χ3n) is 6.22. The van der Waals surface area contributed by atoms with E-state index < -0.39 is 22.0 Å². The van der Waals surface area contributed by atoms with Gasteiger partial charge in [-0.05, 0) is 70.5 Å². The molecule has 1 unspecified atom stereocenters. The van der Waals surface area contributed by atoms with Crippen LogP contribution in [0.25, 0.3) is 0 Å². The van der Waals surface area contributed by atoms with Gasteiger partial charge < -0.3 is 15.1 Å². The van der Waals surface area contributed by atoms with Gasteiger partial charge in [0.05, 0.1) is 11.3 Å². The Balaban J connectivity index is 1.84. The zero-order valence-electron chi connectivity index (χ0n) is 19.0. The second-order valence-corrected chi connectivity index (χ2v) is 10.9. The number of benzene rings is 1. The molecule has 3 rings (SSSR count). The number of halogens is 1. The summed E-state index contributed by atoms with van der Waals surface area (Å²) in [6, 6.07) is 2.35. The maximum Gasteiger partial charge on any atom is 0.264 e. The highest BCUT2D eigenvalue weighted by Crippen LogP contribution is 2.29. The van der Waals surface area contributed by atoms with Gasteiger partial charge in [-0.1, -0.05) is 11.6 Å². The molecule has 2 amide bonds. The first-order chi connectivity index (χ1) is 15.0. The molecule has 1 aromatic carbocycles. The van der Waals surface area contributed by atoms with Crippen molar-refractivity contribution >= 4 is 33.4 Å². The second-order valence-electron chi connectivity index (χ2n) is 8.68. The number of carbonyl (C=O) groups is 2. The van der Waals surface area contributed by atoms with E-state index >= 15 is 0 Å². The molecule has 32 heavy (non-hydrogen) atoms. The minimum absolute atomic E-state index is 0.0693. The van der Waals surface area contributed by atoms with E-state index in [9.17, 15) is 18.0 Å². The quantitative estimate of drug-likeness (QED) is 0.695. The molecule has 2 heterocycles. The molecule has 0 aliphatic carbocycles. The zero-order chi connectivity index (χ0) is 23.6. The van der Waals surface area contributed by atoms with Gasteiger partial charge in [0.15, 0.2) is 0 Å². The van der Waals surface area contributed by atoms with Gasteiger partial charge in [-0.2, -0.15) is 0 Å². The van der Waals surface area contributed by atoms with Crippen molar-refractivity contribution in [2.24, 2.45) is 0 Å². The van der Waals surface area contributed by atoms with E-state index in [1.54, 1.807) is 24.8 Å². The minimum Gasteiger partial charge on any atom is -0.343 e. The first-order valence-electron chi connectivity index (χ1n) is 10.7. The third-order valence-corrected chi connectivity index (χ3v) is 8.55. The summed E-state index contributed by atoms with van der Waals surface area (Å²) in [4.78, 5) is 29.7.